The molecule has 1 N–H and O–H groups in total. The fourth-order valence-corrected chi connectivity index (χ4v) is 1.57. The summed E-state index contributed by atoms with van der Waals surface area (Å²) < 4.78 is 5.11. The number of nitrogens with zero attached hydrogens (tertiary/aromatic N) is 1. The van der Waals surface area contributed by atoms with Gasteiger partial charge in [0.25, 0.3) is 0 Å². The summed E-state index contributed by atoms with van der Waals surface area (Å²) >= 11 is 0. The standard InChI is InChI=1S/C13H20N2O3/c1-10(2)8-15(11(3)16)9-13(17)14-7-12-5-4-6-18-12/h4-6,10H,7-9H2,1-3H3,(H,14,17). The lowest BCUT2D eigenvalue weighted by Crippen LogP contribution is -2.41. The third-order valence-electron chi connectivity index (χ3n) is 2.41. The van der Waals surface area contributed by atoms with Crippen molar-refractivity contribution in [3.05, 3.63) is 24.2 Å². The molecule has 0 saturated carbocycles. The molecule has 1 aromatic heterocycles. The zero-order valence-corrected chi connectivity index (χ0v) is 11.1. The summed E-state index contributed by atoms with van der Waals surface area (Å²) in [4.78, 5) is 24.6. The highest BCUT2D eigenvalue weighted by Gasteiger charge is 2.14. The van der Waals surface area contributed by atoms with Crippen LogP contribution in [0, 0.1) is 5.92 Å². The zero-order valence-electron chi connectivity index (χ0n) is 11.1. The molecule has 0 saturated heterocycles. The van der Waals surface area contributed by atoms with Crippen LogP contribution in [-0.2, 0) is 16.1 Å². The summed E-state index contributed by atoms with van der Waals surface area (Å²) in [7, 11) is 0. The van der Waals surface area contributed by atoms with Gasteiger partial charge in [-0.15, -0.1) is 0 Å². The molecule has 0 aromatic carbocycles. The minimum atomic E-state index is -0.178. The molecule has 18 heavy (non-hydrogen) atoms. The van der Waals surface area contributed by atoms with E-state index in [1.165, 1.54) is 6.92 Å². The minimum absolute atomic E-state index is 0.0863. The zero-order chi connectivity index (χ0) is 13.5. The van der Waals surface area contributed by atoms with Crippen molar-refractivity contribution in [2.24, 2.45) is 5.92 Å². The Kier molecular flexibility index (Phi) is 5.42. The number of nitrogens with one attached hydrogen (secondary N) is 1. The Balaban J connectivity index is 2.39. The van der Waals surface area contributed by atoms with Crippen LogP contribution in [0.15, 0.2) is 22.8 Å². The van der Waals surface area contributed by atoms with Crippen LogP contribution in [0.1, 0.15) is 26.5 Å². The van der Waals surface area contributed by atoms with E-state index in [4.69, 9.17) is 4.42 Å². The predicted octanol–water partition coefficient (Wildman–Crippen LogP) is 1.40. The summed E-state index contributed by atoms with van der Waals surface area (Å²) in [6.45, 7) is 6.52. The molecule has 0 unspecified atom stereocenters. The van der Waals surface area contributed by atoms with Crippen LogP contribution in [0.4, 0.5) is 0 Å². The SMILES string of the molecule is CC(=O)N(CC(=O)NCc1ccco1)CC(C)C. The topological polar surface area (TPSA) is 62.6 Å². The van der Waals surface area contributed by atoms with E-state index < -0.39 is 0 Å². The van der Waals surface area contributed by atoms with Gasteiger partial charge in [0.15, 0.2) is 0 Å². The van der Waals surface area contributed by atoms with Gasteiger partial charge in [-0.25, -0.2) is 0 Å². The number of furan rings is 1. The maximum atomic E-state index is 11.7. The normalized spacial score (nSPS) is 10.4. The molecule has 0 atom stereocenters. The van der Waals surface area contributed by atoms with E-state index in [0.717, 1.165) is 0 Å². The van der Waals surface area contributed by atoms with Crippen molar-refractivity contribution in [3.8, 4) is 0 Å². The molecule has 1 aromatic rings. The quantitative estimate of drug-likeness (QED) is 0.832. The van der Waals surface area contributed by atoms with Gasteiger partial charge < -0.3 is 14.6 Å². The number of carbonyl (C=O) groups excluding carboxylic acids is 2. The van der Waals surface area contributed by atoms with Crippen LogP contribution in [0.5, 0.6) is 0 Å². The van der Waals surface area contributed by atoms with Crippen molar-refractivity contribution in [1.82, 2.24) is 10.2 Å². The first-order valence-electron chi connectivity index (χ1n) is 6.03. The third-order valence-corrected chi connectivity index (χ3v) is 2.41. The van der Waals surface area contributed by atoms with Gasteiger partial charge in [-0.2, -0.15) is 0 Å². The second-order valence-corrected chi connectivity index (χ2v) is 4.65. The average molecular weight is 252 g/mol. The number of hydrogen-bond donors (Lipinski definition) is 1. The number of carbonyl (C=O) groups is 2. The molecule has 5 heteroatoms. The summed E-state index contributed by atoms with van der Waals surface area (Å²) in [6.07, 6.45) is 1.56. The molecule has 0 spiro atoms. The van der Waals surface area contributed by atoms with Crippen LogP contribution in [-0.4, -0.2) is 29.8 Å². The van der Waals surface area contributed by atoms with Crippen molar-refractivity contribution in [3.63, 3.8) is 0 Å². The Hall–Kier alpha value is -1.78. The van der Waals surface area contributed by atoms with Gasteiger partial charge in [-0.05, 0) is 18.1 Å². The van der Waals surface area contributed by atoms with Crippen molar-refractivity contribution in [2.75, 3.05) is 13.1 Å². The van der Waals surface area contributed by atoms with Crippen molar-refractivity contribution >= 4 is 11.8 Å². The fraction of sp³-hybridized carbons (Fsp3) is 0.538. The Morgan fingerprint density at radius 3 is 2.67 bits per heavy atom. The van der Waals surface area contributed by atoms with Gasteiger partial charge in [0.2, 0.25) is 11.8 Å². The molecule has 1 heterocycles. The molecule has 2 amide bonds. The molecule has 0 aliphatic heterocycles. The molecule has 100 valence electrons. The Morgan fingerprint density at radius 2 is 2.17 bits per heavy atom. The van der Waals surface area contributed by atoms with Gasteiger partial charge in [-0.1, -0.05) is 13.8 Å². The van der Waals surface area contributed by atoms with Crippen LogP contribution < -0.4 is 5.32 Å². The lowest BCUT2D eigenvalue weighted by Gasteiger charge is -2.22. The molecule has 0 aliphatic carbocycles. The average Bonchev–Trinajstić information content (AvgIpc) is 2.77. The first kappa shape index (κ1) is 14.3. The van der Waals surface area contributed by atoms with Gasteiger partial charge in [0, 0.05) is 13.5 Å². The molecule has 5 nitrogen and oxygen atoms in total. The van der Waals surface area contributed by atoms with E-state index in [9.17, 15) is 9.59 Å². The van der Waals surface area contributed by atoms with Crippen LogP contribution in [0.2, 0.25) is 0 Å². The molecule has 0 bridgehead atoms. The van der Waals surface area contributed by atoms with E-state index in [1.54, 1.807) is 23.3 Å². The summed E-state index contributed by atoms with van der Waals surface area (Å²) in [6, 6.07) is 3.55. The molecule has 0 fully saturated rings. The predicted molar refractivity (Wildman–Crippen MR) is 67.6 cm³/mol. The molecule has 1 rings (SSSR count). The lowest BCUT2D eigenvalue weighted by molar-refractivity contribution is -0.134. The smallest absolute Gasteiger partial charge is 0.240 e. The van der Waals surface area contributed by atoms with Crippen LogP contribution in [0.25, 0.3) is 0 Å². The molecule has 0 radical (unpaired) electrons. The van der Waals surface area contributed by atoms with Crippen molar-refractivity contribution in [1.29, 1.82) is 0 Å². The Bertz CT molecular complexity index is 385. The first-order valence-corrected chi connectivity index (χ1v) is 6.03. The maximum absolute atomic E-state index is 11.7. The number of rotatable bonds is 6. The molecular formula is C13H20N2O3. The first-order chi connectivity index (χ1) is 8.49. The minimum Gasteiger partial charge on any atom is -0.467 e. The summed E-state index contributed by atoms with van der Waals surface area (Å²) in [5.41, 5.74) is 0. The number of amides is 2. The summed E-state index contributed by atoms with van der Waals surface area (Å²) in [5.74, 6) is 0.771. The largest absolute Gasteiger partial charge is 0.467 e. The molecule has 0 aliphatic rings. The second-order valence-electron chi connectivity index (χ2n) is 4.65. The highest BCUT2D eigenvalue weighted by Crippen LogP contribution is 2.00. The van der Waals surface area contributed by atoms with Crippen molar-refractivity contribution in [2.45, 2.75) is 27.3 Å². The van der Waals surface area contributed by atoms with E-state index in [2.05, 4.69) is 5.32 Å². The van der Waals surface area contributed by atoms with E-state index >= 15 is 0 Å². The number of hydrogen-bond acceptors (Lipinski definition) is 3. The van der Waals surface area contributed by atoms with Gasteiger partial charge in [0.1, 0.15) is 5.76 Å². The van der Waals surface area contributed by atoms with Crippen LogP contribution >= 0.6 is 0 Å². The highest BCUT2D eigenvalue weighted by atomic mass is 16.3. The fourth-order valence-electron chi connectivity index (χ4n) is 1.57. The van der Waals surface area contributed by atoms with Gasteiger partial charge in [0.05, 0.1) is 19.4 Å². The summed E-state index contributed by atoms with van der Waals surface area (Å²) in [5, 5.41) is 2.72. The molecular weight excluding hydrogens is 232 g/mol. The maximum Gasteiger partial charge on any atom is 0.240 e. The monoisotopic (exact) mass is 252 g/mol. The van der Waals surface area contributed by atoms with Gasteiger partial charge in [-0.3, -0.25) is 9.59 Å². The van der Waals surface area contributed by atoms with E-state index in [0.29, 0.717) is 24.8 Å². The van der Waals surface area contributed by atoms with E-state index in [1.807, 2.05) is 13.8 Å². The second kappa shape index (κ2) is 6.83. The lowest BCUT2D eigenvalue weighted by atomic mass is 10.2. The van der Waals surface area contributed by atoms with Gasteiger partial charge >= 0.3 is 0 Å². The Labute approximate surface area is 107 Å². The van der Waals surface area contributed by atoms with E-state index in [-0.39, 0.29) is 18.4 Å². The van der Waals surface area contributed by atoms with Crippen LogP contribution in [0.3, 0.4) is 0 Å². The highest BCUT2D eigenvalue weighted by molar-refractivity contribution is 5.83. The van der Waals surface area contributed by atoms with Crippen molar-refractivity contribution < 1.29 is 14.0 Å². The Morgan fingerprint density at radius 1 is 1.44 bits per heavy atom. The third kappa shape index (κ3) is 5.03.